The molecule has 17 heavy (non-hydrogen) atoms. The fourth-order valence-corrected chi connectivity index (χ4v) is 2.08. The molecule has 1 heterocycles. The summed E-state index contributed by atoms with van der Waals surface area (Å²) >= 11 is 9.34. The number of anilines is 1. The van der Waals surface area contributed by atoms with Gasteiger partial charge in [0, 0.05) is 29.1 Å². The first-order valence-corrected chi connectivity index (χ1v) is 6.56. The second kappa shape index (κ2) is 5.56. The molecule has 0 aliphatic carbocycles. The Morgan fingerprint density at radius 2 is 2.29 bits per heavy atom. The van der Waals surface area contributed by atoms with Crippen LogP contribution in [0.15, 0.2) is 35.1 Å². The molecule has 0 atom stereocenters. The van der Waals surface area contributed by atoms with Crippen molar-refractivity contribution in [3.8, 4) is 0 Å². The molecule has 1 aromatic carbocycles. The topological polar surface area (TPSA) is 29.9 Å². The molecule has 90 valence electrons. The largest absolute Gasteiger partial charge is 0.378 e. The summed E-state index contributed by atoms with van der Waals surface area (Å²) in [6, 6.07) is 5.77. The molecule has 3 nitrogen and oxygen atoms in total. The Morgan fingerprint density at radius 1 is 1.47 bits per heavy atom. The highest BCUT2D eigenvalue weighted by Gasteiger charge is 2.02. The normalized spacial score (nSPS) is 10.5. The fourth-order valence-electron chi connectivity index (χ4n) is 1.58. The van der Waals surface area contributed by atoms with E-state index < -0.39 is 0 Å². The smallest absolute Gasteiger partial charge is 0.128 e. The van der Waals surface area contributed by atoms with E-state index in [9.17, 15) is 0 Å². The van der Waals surface area contributed by atoms with E-state index in [-0.39, 0.29) is 0 Å². The van der Waals surface area contributed by atoms with Crippen LogP contribution in [-0.2, 0) is 13.1 Å². The van der Waals surface area contributed by atoms with Gasteiger partial charge in [-0.1, -0.05) is 11.6 Å². The highest BCUT2D eigenvalue weighted by Crippen LogP contribution is 2.25. The lowest BCUT2D eigenvalue weighted by Gasteiger charge is -2.08. The SMILES string of the molecule is CCn1ccnc1CNc1ccc(Cl)c(Br)c1. The summed E-state index contributed by atoms with van der Waals surface area (Å²) in [5, 5.41) is 4.03. The Labute approximate surface area is 114 Å². The molecular weight excluding hydrogens is 302 g/mol. The molecule has 5 heteroatoms. The maximum absolute atomic E-state index is 5.94. The van der Waals surface area contributed by atoms with Crippen LogP contribution in [0.5, 0.6) is 0 Å². The first-order valence-electron chi connectivity index (χ1n) is 5.39. The first-order chi connectivity index (χ1) is 8.20. The van der Waals surface area contributed by atoms with E-state index in [1.807, 2.05) is 30.6 Å². The lowest BCUT2D eigenvalue weighted by molar-refractivity contribution is 0.708. The number of aromatic nitrogens is 2. The van der Waals surface area contributed by atoms with Crippen LogP contribution >= 0.6 is 27.5 Å². The lowest BCUT2D eigenvalue weighted by Crippen LogP contribution is -2.07. The van der Waals surface area contributed by atoms with E-state index in [2.05, 4.69) is 37.7 Å². The number of hydrogen-bond donors (Lipinski definition) is 1. The minimum atomic E-state index is 0.703. The first kappa shape index (κ1) is 12.5. The number of nitrogens with zero attached hydrogens (tertiary/aromatic N) is 2. The number of halogens is 2. The number of benzene rings is 1. The maximum Gasteiger partial charge on any atom is 0.128 e. The summed E-state index contributed by atoms with van der Waals surface area (Å²) in [6.45, 7) is 3.74. The average molecular weight is 315 g/mol. The van der Waals surface area contributed by atoms with Gasteiger partial charge < -0.3 is 9.88 Å². The van der Waals surface area contributed by atoms with Gasteiger partial charge in [0.25, 0.3) is 0 Å². The van der Waals surface area contributed by atoms with Gasteiger partial charge in [-0.2, -0.15) is 0 Å². The van der Waals surface area contributed by atoms with Crippen LogP contribution in [0, 0.1) is 0 Å². The number of aryl methyl sites for hydroxylation is 1. The molecule has 0 amide bonds. The second-order valence-corrected chi connectivity index (χ2v) is 4.87. The van der Waals surface area contributed by atoms with Gasteiger partial charge >= 0.3 is 0 Å². The molecule has 0 saturated carbocycles. The number of hydrogen-bond acceptors (Lipinski definition) is 2. The predicted octanol–water partition coefficient (Wildman–Crippen LogP) is 3.93. The third kappa shape index (κ3) is 3.01. The molecule has 1 aromatic heterocycles. The Bertz CT molecular complexity index is 510. The predicted molar refractivity (Wildman–Crippen MR) is 74.4 cm³/mol. The number of nitrogens with one attached hydrogen (secondary N) is 1. The Hall–Kier alpha value is -1.000. The molecule has 0 fully saturated rings. The summed E-state index contributed by atoms with van der Waals surface area (Å²) in [7, 11) is 0. The van der Waals surface area contributed by atoms with Crippen LogP contribution < -0.4 is 5.32 Å². The van der Waals surface area contributed by atoms with Crippen molar-refractivity contribution in [2.45, 2.75) is 20.0 Å². The van der Waals surface area contributed by atoms with Crippen molar-refractivity contribution in [3.05, 3.63) is 45.9 Å². The Kier molecular flexibility index (Phi) is 4.07. The van der Waals surface area contributed by atoms with E-state index in [4.69, 9.17) is 11.6 Å². The summed E-state index contributed by atoms with van der Waals surface area (Å²) in [6.07, 6.45) is 3.80. The summed E-state index contributed by atoms with van der Waals surface area (Å²) < 4.78 is 3.00. The molecule has 1 N–H and O–H groups in total. The van der Waals surface area contributed by atoms with Gasteiger partial charge in [-0.25, -0.2) is 4.98 Å². The van der Waals surface area contributed by atoms with Gasteiger partial charge in [0.05, 0.1) is 11.6 Å². The third-order valence-corrected chi connectivity index (χ3v) is 3.73. The van der Waals surface area contributed by atoms with Crippen LogP contribution in [0.4, 0.5) is 5.69 Å². The van der Waals surface area contributed by atoms with Crippen LogP contribution in [0.2, 0.25) is 5.02 Å². The van der Waals surface area contributed by atoms with Gasteiger partial charge in [-0.05, 0) is 41.1 Å². The molecule has 0 radical (unpaired) electrons. The lowest BCUT2D eigenvalue weighted by atomic mass is 10.3. The Balaban J connectivity index is 2.05. The van der Waals surface area contributed by atoms with Crippen molar-refractivity contribution in [2.75, 3.05) is 5.32 Å². The molecule has 0 unspecified atom stereocenters. The molecule has 0 saturated heterocycles. The van der Waals surface area contributed by atoms with E-state index in [1.165, 1.54) is 0 Å². The second-order valence-electron chi connectivity index (χ2n) is 3.61. The summed E-state index contributed by atoms with van der Waals surface area (Å²) in [5.74, 6) is 1.03. The van der Waals surface area contributed by atoms with Crippen molar-refractivity contribution in [3.63, 3.8) is 0 Å². The van der Waals surface area contributed by atoms with E-state index in [1.54, 1.807) is 0 Å². The van der Waals surface area contributed by atoms with Gasteiger partial charge in [0.1, 0.15) is 5.82 Å². The quantitative estimate of drug-likeness (QED) is 0.926. The highest BCUT2D eigenvalue weighted by molar-refractivity contribution is 9.10. The van der Waals surface area contributed by atoms with Gasteiger partial charge in [-0.15, -0.1) is 0 Å². The molecule has 0 spiro atoms. The standard InChI is InChI=1S/C12H13BrClN3/c1-2-17-6-5-15-12(17)8-16-9-3-4-11(14)10(13)7-9/h3-7,16H,2,8H2,1H3. The molecule has 0 aliphatic rings. The minimum absolute atomic E-state index is 0.703. The van der Waals surface area contributed by atoms with Gasteiger partial charge in [0.2, 0.25) is 0 Å². The van der Waals surface area contributed by atoms with Gasteiger partial charge in [-0.3, -0.25) is 0 Å². The van der Waals surface area contributed by atoms with E-state index >= 15 is 0 Å². The monoisotopic (exact) mass is 313 g/mol. The van der Waals surface area contributed by atoms with E-state index in [0.717, 1.165) is 22.5 Å². The van der Waals surface area contributed by atoms with Crippen LogP contribution in [0.3, 0.4) is 0 Å². The Morgan fingerprint density at radius 3 is 3.00 bits per heavy atom. The third-order valence-electron chi connectivity index (χ3n) is 2.51. The fraction of sp³-hybridized carbons (Fsp3) is 0.250. The average Bonchev–Trinajstić information content (AvgIpc) is 2.78. The summed E-state index contributed by atoms with van der Waals surface area (Å²) in [5.41, 5.74) is 1.02. The van der Waals surface area contributed by atoms with Crippen LogP contribution in [0.25, 0.3) is 0 Å². The number of imidazole rings is 1. The number of rotatable bonds is 4. The molecule has 0 aliphatic heterocycles. The maximum atomic E-state index is 5.94. The summed E-state index contributed by atoms with van der Waals surface area (Å²) in [4.78, 5) is 4.30. The van der Waals surface area contributed by atoms with Crippen LogP contribution in [-0.4, -0.2) is 9.55 Å². The molecule has 0 bridgehead atoms. The molecular formula is C12H13BrClN3. The zero-order valence-electron chi connectivity index (χ0n) is 9.45. The minimum Gasteiger partial charge on any atom is -0.378 e. The zero-order chi connectivity index (χ0) is 12.3. The molecule has 2 rings (SSSR count). The van der Waals surface area contributed by atoms with Crippen LogP contribution in [0.1, 0.15) is 12.7 Å². The van der Waals surface area contributed by atoms with Crippen molar-refractivity contribution in [2.24, 2.45) is 0 Å². The van der Waals surface area contributed by atoms with E-state index in [0.29, 0.717) is 11.6 Å². The van der Waals surface area contributed by atoms with Crippen molar-refractivity contribution in [1.82, 2.24) is 9.55 Å². The van der Waals surface area contributed by atoms with Crippen molar-refractivity contribution in [1.29, 1.82) is 0 Å². The van der Waals surface area contributed by atoms with Crippen molar-refractivity contribution < 1.29 is 0 Å². The zero-order valence-corrected chi connectivity index (χ0v) is 11.8. The van der Waals surface area contributed by atoms with Gasteiger partial charge in [0.15, 0.2) is 0 Å². The molecule has 2 aromatic rings. The van der Waals surface area contributed by atoms with Crippen molar-refractivity contribution >= 4 is 33.2 Å². The highest BCUT2D eigenvalue weighted by atomic mass is 79.9.